The first-order chi connectivity index (χ1) is 12.3. The minimum absolute atomic E-state index is 0.0537. The van der Waals surface area contributed by atoms with Crippen molar-refractivity contribution in [2.24, 2.45) is 0 Å². The van der Waals surface area contributed by atoms with Gasteiger partial charge in [0.25, 0.3) is 0 Å². The van der Waals surface area contributed by atoms with Crippen molar-refractivity contribution in [2.45, 2.75) is 32.9 Å². The van der Waals surface area contributed by atoms with Gasteiger partial charge in [-0.2, -0.15) is 5.10 Å². The number of anilines is 1. The van der Waals surface area contributed by atoms with Crippen molar-refractivity contribution in [3.05, 3.63) is 66.0 Å². The van der Waals surface area contributed by atoms with Gasteiger partial charge in [-0.15, -0.1) is 0 Å². The Bertz CT molecular complexity index is 781. The van der Waals surface area contributed by atoms with Crippen LogP contribution in [0.5, 0.6) is 0 Å². The van der Waals surface area contributed by atoms with Gasteiger partial charge in [0.1, 0.15) is 5.82 Å². The van der Waals surface area contributed by atoms with E-state index in [1.54, 1.807) is 6.20 Å². The average Bonchev–Trinajstić information content (AvgIpc) is 3.05. The minimum atomic E-state index is 0.0537. The van der Waals surface area contributed by atoms with Crippen LogP contribution < -0.4 is 5.32 Å². The Hall–Kier alpha value is -2.66. The summed E-state index contributed by atoms with van der Waals surface area (Å²) in [6.07, 6.45) is 5.84. The molecule has 25 heavy (non-hydrogen) atoms. The van der Waals surface area contributed by atoms with Crippen molar-refractivity contribution >= 4 is 5.82 Å². The Morgan fingerprint density at radius 2 is 1.96 bits per heavy atom. The molecule has 0 saturated heterocycles. The highest BCUT2D eigenvalue weighted by atomic mass is 16.3. The van der Waals surface area contributed by atoms with E-state index in [2.05, 4.69) is 46.6 Å². The molecule has 2 heterocycles. The van der Waals surface area contributed by atoms with Crippen molar-refractivity contribution in [1.82, 2.24) is 14.8 Å². The average molecular weight is 336 g/mol. The van der Waals surface area contributed by atoms with Crippen LogP contribution in [0.4, 0.5) is 5.82 Å². The predicted octanol–water partition coefficient (Wildman–Crippen LogP) is 3.50. The molecule has 0 saturated carbocycles. The number of aromatic nitrogens is 3. The lowest BCUT2D eigenvalue weighted by molar-refractivity contribution is 0.270. The number of aliphatic hydroxyl groups is 1. The number of aryl methyl sites for hydroxylation is 1. The molecule has 0 atom stereocenters. The normalized spacial score (nSPS) is 10.8. The molecule has 0 aliphatic heterocycles. The Labute approximate surface area is 148 Å². The van der Waals surface area contributed by atoms with E-state index in [-0.39, 0.29) is 6.61 Å². The summed E-state index contributed by atoms with van der Waals surface area (Å²) in [5.41, 5.74) is 4.44. The van der Waals surface area contributed by atoms with E-state index in [1.807, 2.05) is 29.1 Å². The van der Waals surface area contributed by atoms with Crippen molar-refractivity contribution in [2.75, 3.05) is 11.9 Å². The van der Waals surface area contributed by atoms with Gasteiger partial charge in [0, 0.05) is 30.6 Å². The molecule has 2 N–H and O–H groups in total. The van der Waals surface area contributed by atoms with Gasteiger partial charge in [0.15, 0.2) is 0 Å². The standard InChI is InChI=1S/C20H24N4O/c1-2-4-16-6-8-18(9-7-16)19-13-20(24(23-19)11-12-25)22-15-17-5-3-10-21-14-17/h3,5-10,13-14,22,25H,2,4,11-12,15H2,1H3. The van der Waals surface area contributed by atoms with Gasteiger partial charge in [-0.3, -0.25) is 4.98 Å². The maximum absolute atomic E-state index is 9.31. The van der Waals surface area contributed by atoms with Crippen LogP contribution in [0.3, 0.4) is 0 Å². The molecule has 5 heteroatoms. The number of hydrogen-bond acceptors (Lipinski definition) is 4. The summed E-state index contributed by atoms with van der Waals surface area (Å²) in [4.78, 5) is 4.13. The Morgan fingerprint density at radius 1 is 1.12 bits per heavy atom. The van der Waals surface area contributed by atoms with Gasteiger partial charge in [0.05, 0.1) is 18.8 Å². The second-order valence-electron chi connectivity index (χ2n) is 6.02. The minimum Gasteiger partial charge on any atom is -0.394 e. The van der Waals surface area contributed by atoms with Crippen molar-refractivity contribution < 1.29 is 5.11 Å². The monoisotopic (exact) mass is 336 g/mol. The number of pyridine rings is 1. The van der Waals surface area contributed by atoms with E-state index in [0.29, 0.717) is 13.1 Å². The fourth-order valence-electron chi connectivity index (χ4n) is 2.79. The van der Waals surface area contributed by atoms with Crippen LogP contribution in [0, 0.1) is 0 Å². The highest BCUT2D eigenvalue weighted by molar-refractivity contribution is 5.63. The highest BCUT2D eigenvalue weighted by Crippen LogP contribution is 2.23. The molecular formula is C20H24N4O. The van der Waals surface area contributed by atoms with E-state index in [0.717, 1.165) is 35.5 Å². The molecule has 3 aromatic rings. The van der Waals surface area contributed by atoms with Crippen LogP contribution in [0.1, 0.15) is 24.5 Å². The quantitative estimate of drug-likeness (QED) is 0.661. The van der Waals surface area contributed by atoms with Crippen LogP contribution in [-0.4, -0.2) is 26.5 Å². The van der Waals surface area contributed by atoms with Gasteiger partial charge in [-0.25, -0.2) is 4.68 Å². The molecule has 0 radical (unpaired) electrons. The maximum Gasteiger partial charge on any atom is 0.125 e. The fourth-order valence-corrected chi connectivity index (χ4v) is 2.79. The summed E-state index contributed by atoms with van der Waals surface area (Å²) in [5, 5.41) is 17.3. The third-order valence-electron chi connectivity index (χ3n) is 4.08. The molecule has 0 amide bonds. The first kappa shape index (κ1) is 17.2. The summed E-state index contributed by atoms with van der Waals surface area (Å²) in [7, 11) is 0. The van der Waals surface area contributed by atoms with Gasteiger partial charge in [-0.05, 0) is 23.6 Å². The lowest BCUT2D eigenvalue weighted by Crippen LogP contribution is -2.10. The molecule has 1 aromatic carbocycles. The number of hydrogen-bond donors (Lipinski definition) is 2. The molecule has 0 spiro atoms. The van der Waals surface area contributed by atoms with E-state index >= 15 is 0 Å². The SMILES string of the molecule is CCCc1ccc(-c2cc(NCc3cccnc3)n(CCO)n2)cc1. The molecule has 0 aliphatic carbocycles. The van der Waals surface area contributed by atoms with Crippen molar-refractivity contribution in [3.63, 3.8) is 0 Å². The molecule has 3 rings (SSSR count). The zero-order valence-electron chi connectivity index (χ0n) is 14.5. The Balaban J connectivity index is 1.78. The Morgan fingerprint density at radius 3 is 2.64 bits per heavy atom. The molecule has 0 unspecified atom stereocenters. The van der Waals surface area contributed by atoms with E-state index in [1.165, 1.54) is 5.56 Å². The summed E-state index contributed by atoms with van der Waals surface area (Å²) in [6, 6.07) is 14.5. The number of aliphatic hydroxyl groups excluding tert-OH is 1. The van der Waals surface area contributed by atoms with Crippen LogP contribution in [0.15, 0.2) is 54.9 Å². The third-order valence-corrected chi connectivity index (χ3v) is 4.08. The van der Waals surface area contributed by atoms with E-state index < -0.39 is 0 Å². The number of nitrogens with zero attached hydrogens (tertiary/aromatic N) is 3. The van der Waals surface area contributed by atoms with Gasteiger partial charge < -0.3 is 10.4 Å². The third kappa shape index (κ3) is 4.45. The second kappa shape index (κ2) is 8.44. The van der Waals surface area contributed by atoms with Crippen LogP contribution >= 0.6 is 0 Å². The van der Waals surface area contributed by atoms with Crippen molar-refractivity contribution in [1.29, 1.82) is 0 Å². The number of rotatable bonds is 8. The van der Waals surface area contributed by atoms with Crippen molar-refractivity contribution in [3.8, 4) is 11.3 Å². The number of nitrogens with one attached hydrogen (secondary N) is 1. The van der Waals surface area contributed by atoms with Crippen LogP contribution in [0.2, 0.25) is 0 Å². The summed E-state index contributed by atoms with van der Waals surface area (Å²) in [6.45, 7) is 3.37. The topological polar surface area (TPSA) is 63.0 Å². The fraction of sp³-hybridized carbons (Fsp3) is 0.300. The zero-order valence-corrected chi connectivity index (χ0v) is 14.5. The first-order valence-electron chi connectivity index (χ1n) is 8.71. The summed E-state index contributed by atoms with van der Waals surface area (Å²) >= 11 is 0. The summed E-state index contributed by atoms with van der Waals surface area (Å²) in [5.74, 6) is 0.894. The predicted molar refractivity (Wildman–Crippen MR) is 100 cm³/mol. The molecule has 5 nitrogen and oxygen atoms in total. The molecular weight excluding hydrogens is 312 g/mol. The molecule has 0 fully saturated rings. The highest BCUT2D eigenvalue weighted by Gasteiger charge is 2.09. The van der Waals surface area contributed by atoms with Gasteiger partial charge in [-0.1, -0.05) is 43.7 Å². The van der Waals surface area contributed by atoms with Crippen LogP contribution in [-0.2, 0) is 19.5 Å². The largest absolute Gasteiger partial charge is 0.394 e. The summed E-state index contributed by atoms with van der Waals surface area (Å²) < 4.78 is 1.81. The van der Waals surface area contributed by atoms with Gasteiger partial charge >= 0.3 is 0 Å². The Kier molecular flexibility index (Phi) is 5.80. The second-order valence-corrected chi connectivity index (χ2v) is 6.02. The number of benzene rings is 1. The van der Waals surface area contributed by atoms with E-state index in [9.17, 15) is 5.11 Å². The van der Waals surface area contributed by atoms with Gasteiger partial charge in [0.2, 0.25) is 0 Å². The maximum atomic E-state index is 9.31. The molecule has 2 aromatic heterocycles. The first-order valence-corrected chi connectivity index (χ1v) is 8.71. The molecule has 0 aliphatic rings. The smallest absolute Gasteiger partial charge is 0.125 e. The lowest BCUT2D eigenvalue weighted by Gasteiger charge is -2.08. The zero-order chi connectivity index (χ0) is 17.5. The lowest BCUT2D eigenvalue weighted by atomic mass is 10.1. The van der Waals surface area contributed by atoms with Crippen LogP contribution in [0.25, 0.3) is 11.3 Å². The molecule has 130 valence electrons. The van der Waals surface area contributed by atoms with E-state index in [4.69, 9.17) is 0 Å². The molecule has 0 bridgehead atoms.